The predicted octanol–water partition coefficient (Wildman–Crippen LogP) is 9.06. The van der Waals surface area contributed by atoms with Gasteiger partial charge >= 0.3 is 0 Å². The molecule has 0 bridgehead atoms. The molecule has 4 aromatic carbocycles. The minimum absolute atomic E-state index is 0. The van der Waals surface area contributed by atoms with Crippen LogP contribution in [0.15, 0.2) is 115 Å². The molecule has 0 amide bonds. The van der Waals surface area contributed by atoms with Gasteiger partial charge in [-0.2, -0.15) is 0 Å². The second-order valence-corrected chi connectivity index (χ2v) is 9.91. The Morgan fingerprint density at radius 1 is 0.537 bits per heavy atom. The molecule has 6 aromatic rings. The molecule has 0 aliphatic rings. The van der Waals surface area contributed by atoms with Gasteiger partial charge in [-0.15, -0.1) is 65.2 Å². The zero-order chi connectivity index (χ0) is 27.9. The second kappa shape index (κ2) is 13.9. The molecule has 2 heterocycles. The first-order valence-electron chi connectivity index (χ1n) is 13.4. The van der Waals surface area contributed by atoms with E-state index in [1.165, 1.54) is 27.8 Å². The summed E-state index contributed by atoms with van der Waals surface area (Å²) in [5.41, 5.74) is 12.2. The van der Waals surface area contributed by atoms with E-state index in [2.05, 4.69) is 95.5 Å². The molecule has 2 aromatic heterocycles. The van der Waals surface area contributed by atoms with Gasteiger partial charge in [0.15, 0.2) is 0 Å². The van der Waals surface area contributed by atoms with Crippen LogP contribution in [0.3, 0.4) is 0 Å². The van der Waals surface area contributed by atoms with Crippen molar-refractivity contribution in [3.05, 3.63) is 150 Å². The van der Waals surface area contributed by atoms with E-state index in [9.17, 15) is 0 Å². The first-order chi connectivity index (χ1) is 19.4. The average molecular weight is 710 g/mol. The Hall–Kier alpha value is -4.24. The van der Waals surface area contributed by atoms with Crippen LogP contribution in [0, 0.1) is 39.8 Å². The Labute approximate surface area is 256 Å². The molecule has 0 aliphatic carbocycles. The van der Waals surface area contributed by atoms with Gasteiger partial charge in [0.1, 0.15) is 0 Å². The summed E-state index contributed by atoms with van der Waals surface area (Å²) in [5.74, 6) is 0.736. The molecule has 0 atom stereocenters. The fourth-order valence-electron chi connectivity index (χ4n) is 4.68. The normalized spacial score (nSPS) is 10.2. The van der Waals surface area contributed by atoms with E-state index in [0.29, 0.717) is 0 Å². The number of pyridine rings is 1. The molecule has 0 N–H and O–H groups in total. The molecule has 0 aliphatic heterocycles. The fourth-order valence-corrected chi connectivity index (χ4v) is 4.68. The summed E-state index contributed by atoms with van der Waals surface area (Å²) in [6.07, 6.45) is 1.81. The Balaban J connectivity index is 0.000000184. The third-order valence-corrected chi connectivity index (χ3v) is 6.44. The summed E-state index contributed by atoms with van der Waals surface area (Å²) in [7, 11) is 0. The Morgan fingerprint density at radius 2 is 1.24 bits per heavy atom. The van der Waals surface area contributed by atoms with Crippen LogP contribution in [-0.2, 0) is 20.1 Å². The van der Waals surface area contributed by atoms with Crippen molar-refractivity contribution in [1.82, 2.24) is 15.0 Å². The van der Waals surface area contributed by atoms with Gasteiger partial charge in [0.05, 0.1) is 5.82 Å². The monoisotopic (exact) mass is 710 g/mol. The predicted molar refractivity (Wildman–Crippen MR) is 165 cm³/mol. The SMILES string of the molecule is Cc1cc(C)cc(-c2c[c-]c(-c3ccccn3)cc2)c1.Cc1cc(C)nc(-c2[c-]ccc(-c3ccccc3)c2)n1.[Ir]. The summed E-state index contributed by atoms with van der Waals surface area (Å²) >= 11 is 0. The number of rotatable bonds is 4. The number of hydrogen-bond donors (Lipinski definition) is 0. The number of aryl methyl sites for hydroxylation is 4. The smallest absolute Gasteiger partial charge is 0.0754 e. The van der Waals surface area contributed by atoms with Crippen molar-refractivity contribution in [2.75, 3.05) is 0 Å². The molecule has 6 rings (SSSR count). The summed E-state index contributed by atoms with van der Waals surface area (Å²) < 4.78 is 0. The van der Waals surface area contributed by atoms with E-state index in [-0.39, 0.29) is 20.1 Å². The van der Waals surface area contributed by atoms with Crippen LogP contribution in [0.1, 0.15) is 22.5 Å². The van der Waals surface area contributed by atoms with Crippen LogP contribution in [0.25, 0.3) is 44.9 Å². The van der Waals surface area contributed by atoms with Gasteiger partial charge in [0.25, 0.3) is 0 Å². The second-order valence-electron chi connectivity index (χ2n) is 9.91. The molecule has 0 spiro atoms. The maximum absolute atomic E-state index is 4.50. The molecule has 0 unspecified atom stereocenters. The van der Waals surface area contributed by atoms with Crippen molar-refractivity contribution in [3.8, 4) is 44.9 Å². The van der Waals surface area contributed by atoms with Gasteiger partial charge < -0.3 is 4.98 Å². The van der Waals surface area contributed by atoms with Gasteiger partial charge in [0, 0.05) is 37.7 Å². The van der Waals surface area contributed by atoms with Crippen molar-refractivity contribution in [2.45, 2.75) is 27.7 Å². The third kappa shape index (κ3) is 7.91. The van der Waals surface area contributed by atoms with Crippen LogP contribution in [0.4, 0.5) is 0 Å². The number of nitrogens with zero attached hydrogens (tertiary/aromatic N) is 3. The Kier molecular flexibility index (Phi) is 10.1. The largest absolute Gasteiger partial charge is 0.305 e. The Bertz CT molecular complexity index is 1670. The van der Waals surface area contributed by atoms with E-state index >= 15 is 0 Å². The molecule has 3 nitrogen and oxygen atoms in total. The van der Waals surface area contributed by atoms with Crippen molar-refractivity contribution in [2.24, 2.45) is 0 Å². The van der Waals surface area contributed by atoms with Crippen LogP contribution in [-0.4, -0.2) is 15.0 Å². The standard InChI is InChI=1S/C19H16N.C18H15N2.Ir/c1-14-11-15(2)13-18(12-14)16-6-8-17(9-7-16)19-5-3-4-10-20-19;1-13-11-14(2)20-18(19-13)17-10-6-9-16(12-17)15-7-4-3-5-8-15;/h3-8,10-13H,1-2H3;3-9,11-12H,1-2H3;/q2*-1;. The minimum Gasteiger partial charge on any atom is -0.305 e. The van der Waals surface area contributed by atoms with Gasteiger partial charge in [-0.05, 0) is 51.1 Å². The average Bonchev–Trinajstić information content (AvgIpc) is 2.98. The molecule has 0 fully saturated rings. The fraction of sp³-hybridized carbons (Fsp3) is 0.108. The van der Waals surface area contributed by atoms with Crippen molar-refractivity contribution < 1.29 is 20.1 Å². The molecule has 41 heavy (non-hydrogen) atoms. The van der Waals surface area contributed by atoms with Crippen molar-refractivity contribution >= 4 is 0 Å². The van der Waals surface area contributed by atoms with Crippen LogP contribution in [0.2, 0.25) is 0 Å². The van der Waals surface area contributed by atoms with Crippen LogP contribution < -0.4 is 0 Å². The molecule has 1 radical (unpaired) electrons. The first kappa shape index (κ1) is 29.7. The zero-order valence-corrected chi connectivity index (χ0v) is 26.0. The maximum atomic E-state index is 4.50. The van der Waals surface area contributed by atoms with E-state index in [0.717, 1.165) is 39.6 Å². The van der Waals surface area contributed by atoms with Gasteiger partial charge in [-0.25, -0.2) is 0 Å². The zero-order valence-electron chi connectivity index (χ0n) is 23.6. The molecule has 0 saturated heterocycles. The van der Waals surface area contributed by atoms with E-state index in [1.54, 1.807) is 6.20 Å². The summed E-state index contributed by atoms with van der Waals surface area (Å²) in [6.45, 7) is 8.23. The minimum atomic E-state index is 0. The molecular weight excluding hydrogens is 679 g/mol. The molecule has 4 heteroatoms. The van der Waals surface area contributed by atoms with Crippen LogP contribution >= 0.6 is 0 Å². The molecule has 0 saturated carbocycles. The first-order valence-corrected chi connectivity index (χ1v) is 13.4. The van der Waals surface area contributed by atoms with Gasteiger partial charge in [0.2, 0.25) is 0 Å². The number of hydrogen-bond acceptors (Lipinski definition) is 3. The van der Waals surface area contributed by atoms with Crippen molar-refractivity contribution in [1.29, 1.82) is 0 Å². The maximum Gasteiger partial charge on any atom is 0.0754 e. The number of benzene rings is 4. The van der Waals surface area contributed by atoms with Crippen LogP contribution in [0.5, 0.6) is 0 Å². The topological polar surface area (TPSA) is 38.7 Å². The van der Waals surface area contributed by atoms with E-state index in [1.807, 2.05) is 68.4 Å². The van der Waals surface area contributed by atoms with E-state index < -0.39 is 0 Å². The number of aromatic nitrogens is 3. The summed E-state index contributed by atoms with van der Waals surface area (Å²) in [4.78, 5) is 13.3. The van der Waals surface area contributed by atoms with Gasteiger partial charge in [-0.3, -0.25) is 9.97 Å². The van der Waals surface area contributed by atoms with Crippen molar-refractivity contribution in [3.63, 3.8) is 0 Å². The summed E-state index contributed by atoms with van der Waals surface area (Å²) in [5, 5.41) is 0. The molecular formula is C37H31IrN3-2. The Morgan fingerprint density at radius 3 is 1.88 bits per heavy atom. The quantitative estimate of drug-likeness (QED) is 0.172. The van der Waals surface area contributed by atoms with Gasteiger partial charge in [-0.1, -0.05) is 82.9 Å². The molecule has 205 valence electrons. The summed E-state index contributed by atoms with van der Waals surface area (Å²) in [6, 6.07) is 43.7. The van der Waals surface area contributed by atoms with E-state index in [4.69, 9.17) is 0 Å². The third-order valence-electron chi connectivity index (χ3n) is 6.44.